The molecule has 3 aromatic carbocycles. The second kappa shape index (κ2) is 8.26. The van der Waals surface area contributed by atoms with Crippen LogP contribution in [0.15, 0.2) is 77.8 Å². The fourth-order valence-electron chi connectivity index (χ4n) is 2.37. The predicted octanol–water partition coefficient (Wildman–Crippen LogP) is 4.54. The first-order valence-corrected chi connectivity index (χ1v) is 7.86. The summed E-state index contributed by atoms with van der Waals surface area (Å²) < 4.78 is 10.4. The van der Waals surface area contributed by atoms with Crippen LogP contribution in [0.2, 0.25) is 0 Å². The van der Waals surface area contributed by atoms with Crippen molar-refractivity contribution in [3.05, 3.63) is 83.9 Å². The molecule has 0 fully saturated rings. The minimum Gasteiger partial charge on any atom is -0.457 e. The summed E-state index contributed by atoms with van der Waals surface area (Å²) in [4.78, 5) is 26.4. The second-order valence-electron chi connectivity index (χ2n) is 5.37. The molecule has 0 saturated heterocycles. The van der Waals surface area contributed by atoms with Gasteiger partial charge in [-0.2, -0.15) is 4.99 Å². The summed E-state index contributed by atoms with van der Waals surface area (Å²) in [5.41, 5.74) is 1.28. The van der Waals surface area contributed by atoms with E-state index in [0.29, 0.717) is 34.1 Å². The average Bonchev–Trinajstić information content (AvgIpc) is 2.70. The molecule has 0 N–H and O–H groups in total. The Morgan fingerprint density at radius 3 is 2.11 bits per heavy atom. The van der Waals surface area contributed by atoms with Crippen LogP contribution in [0.3, 0.4) is 0 Å². The maximum absolute atomic E-state index is 12.6. The van der Waals surface area contributed by atoms with E-state index in [1.54, 1.807) is 73.0 Å². The molecule has 3 aromatic rings. The number of nitrogens with zero attached hydrogens (tertiary/aromatic N) is 2. The van der Waals surface area contributed by atoms with E-state index < -0.39 is 0 Å². The molecule has 0 aliphatic carbocycles. The third-order valence-corrected chi connectivity index (χ3v) is 3.62. The van der Waals surface area contributed by atoms with E-state index in [0.717, 1.165) is 0 Å². The van der Waals surface area contributed by atoms with Gasteiger partial charge in [0.2, 0.25) is 6.08 Å². The quantitative estimate of drug-likeness (QED) is 0.280. The summed E-state index contributed by atoms with van der Waals surface area (Å²) in [6, 6.07) is 19.7. The molecule has 0 unspecified atom stereocenters. The van der Waals surface area contributed by atoms with E-state index in [1.165, 1.54) is 12.1 Å². The van der Waals surface area contributed by atoms with Crippen LogP contribution in [0.5, 0.6) is 17.2 Å². The highest BCUT2D eigenvalue weighted by molar-refractivity contribution is 6.09. The van der Waals surface area contributed by atoms with Crippen LogP contribution in [-0.2, 0) is 4.79 Å². The number of hydrogen-bond donors (Lipinski definition) is 0. The van der Waals surface area contributed by atoms with Crippen molar-refractivity contribution in [2.24, 2.45) is 4.99 Å². The van der Waals surface area contributed by atoms with Gasteiger partial charge in [0.15, 0.2) is 5.78 Å². The highest BCUT2D eigenvalue weighted by Gasteiger charge is 2.10. The first-order chi connectivity index (χ1) is 13.2. The molecule has 6 heteroatoms. The van der Waals surface area contributed by atoms with Crippen LogP contribution in [-0.4, -0.2) is 11.9 Å². The largest absolute Gasteiger partial charge is 0.457 e. The molecule has 130 valence electrons. The Morgan fingerprint density at radius 1 is 0.852 bits per heavy atom. The smallest absolute Gasteiger partial charge is 0.292 e. The minimum atomic E-state index is -0.192. The Bertz CT molecular complexity index is 1040. The molecule has 0 heterocycles. The van der Waals surface area contributed by atoms with Crippen molar-refractivity contribution >= 4 is 17.6 Å². The highest BCUT2D eigenvalue weighted by atomic mass is 16.5. The van der Waals surface area contributed by atoms with Gasteiger partial charge >= 0.3 is 0 Å². The SMILES string of the molecule is N#COc1ccc(Oc2ccc(C(=O)c3cccc(N=C=O)c3)cc2)cc1. The van der Waals surface area contributed by atoms with Gasteiger partial charge in [0.05, 0.1) is 5.69 Å². The van der Waals surface area contributed by atoms with E-state index in [9.17, 15) is 9.59 Å². The highest BCUT2D eigenvalue weighted by Crippen LogP contribution is 2.25. The third-order valence-electron chi connectivity index (χ3n) is 3.62. The van der Waals surface area contributed by atoms with Crippen molar-refractivity contribution in [1.82, 2.24) is 0 Å². The number of ketones is 1. The average molecular weight is 356 g/mol. The first-order valence-electron chi connectivity index (χ1n) is 7.86. The standard InChI is InChI=1S/C21H12N2O4/c22-13-26-18-8-10-20(11-9-18)27-19-6-4-15(5-7-19)21(25)16-2-1-3-17(12-16)23-14-24/h1-12H. The number of carbonyl (C=O) groups is 1. The fourth-order valence-corrected chi connectivity index (χ4v) is 2.37. The van der Waals surface area contributed by atoms with E-state index in [-0.39, 0.29) is 5.78 Å². The topological polar surface area (TPSA) is 88.8 Å². The Balaban J connectivity index is 1.73. The molecule has 0 bridgehead atoms. The predicted molar refractivity (Wildman–Crippen MR) is 96.9 cm³/mol. The van der Waals surface area contributed by atoms with Crippen molar-refractivity contribution in [1.29, 1.82) is 5.26 Å². The van der Waals surface area contributed by atoms with Gasteiger partial charge in [-0.15, -0.1) is 5.26 Å². The van der Waals surface area contributed by atoms with Crippen LogP contribution < -0.4 is 9.47 Å². The van der Waals surface area contributed by atoms with E-state index in [2.05, 4.69) is 4.99 Å². The maximum Gasteiger partial charge on any atom is 0.292 e. The molecule has 0 aromatic heterocycles. The lowest BCUT2D eigenvalue weighted by atomic mass is 10.0. The number of ether oxygens (including phenoxy) is 2. The van der Waals surface area contributed by atoms with Crippen molar-refractivity contribution in [3.8, 4) is 23.5 Å². The van der Waals surface area contributed by atoms with Gasteiger partial charge in [-0.05, 0) is 60.7 Å². The van der Waals surface area contributed by atoms with Crippen LogP contribution in [0.4, 0.5) is 5.69 Å². The number of benzene rings is 3. The molecule has 27 heavy (non-hydrogen) atoms. The Kier molecular flexibility index (Phi) is 5.39. The molecule has 0 aliphatic rings. The fraction of sp³-hybridized carbons (Fsp3) is 0. The summed E-state index contributed by atoms with van der Waals surface area (Å²) in [5.74, 6) is 1.35. The normalized spacial score (nSPS) is 9.59. The maximum atomic E-state index is 12.6. The van der Waals surface area contributed by atoms with Crippen LogP contribution >= 0.6 is 0 Å². The van der Waals surface area contributed by atoms with E-state index in [1.807, 2.05) is 0 Å². The number of hydrogen-bond acceptors (Lipinski definition) is 6. The lowest BCUT2D eigenvalue weighted by Crippen LogP contribution is -2.00. The first kappa shape index (κ1) is 17.6. The van der Waals surface area contributed by atoms with Gasteiger partial charge in [-0.3, -0.25) is 4.79 Å². The number of carbonyl (C=O) groups excluding carboxylic acids is 2. The van der Waals surface area contributed by atoms with Crippen molar-refractivity contribution < 1.29 is 19.1 Å². The molecule has 6 nitrogen and oxygen atoms in total. The van der Waals surface area contributed by atoms with Gasteiger partial charge in [-0.1, -0.05) is 12.1 Å². The summed E-state index contributed by atoms with van der Waals surface area (Å²) in [5, 5.41) is 8.47. The lowest BCUT2D eigenvalue weighted by Gasteiger charge is -2.07. The second-order valence-corrected chi connectivity index (χ2v) is 5.37. The van der Waals surface area contributed by atoms with E-state index in [4.69, 9.17) is 14.7 Å². The monoisotopic (exact) mass is 356 g/mol. The lowest BCUT2D eigenvalue weighted by molar-refractivity contribution is 0.103. The molecule has 0 aliphatic heterocycles. The number of isocyanates is 1. The minimum absolute atomic E-state index is 0.192. The molecule has 3 rings (SSSR count). The molecular weight excluding hydrogens is 344 g/mol. The summed E-state index contributed by atoms with van der Waals surface area (Å²) in [7, 11) is 0. The van der Waals surface area contributed by atoms with Crippen molar-refractivity contribution in [3.63, 3.8) is 0 Å². The number of rotatable bonds is 6. The Hall–Kier alpha value is -4.20. The van der Waals surface area contributed by atoms with Crippen LogP contribution in [0.25, 0.3) is 0 Å². The summed E-state index contributed by atoms with van der Waals surface area (Å²) >= 11 is 0. The van der Waals surface area contributed by atoms with Crippen LogP contribution in [0.1, 0.15) is 15.9 Å². The zero-order valence-electron chi connectivity index (χ0n) is 14.0. The van der Waals surface area contributed by atoms with Gasteiger partial charge in [0, 0.05) is 11.1 Å². The number of aliphatic imine (C=N–C) groups is 1. The van der Waals surface area contributed by atoms with Gasteiger partial charge in [0.1, 0.15) is 17.2 Å². The Labute approximate surface area is 154 Å². The molecule has 0 saturated carbocycles. The molecular formula is C21H12N2O4. The molecule has 0 atom stereocenters. The third kappa shape index (κ3) is 4.45. The van der Waals surface area contributed by atoms with Crippen LogP contribution in [0, 0.1) is 11.5 Å². The number of nitriles is 1. The molecule has 0 amide bonds. The molecule has 0 radical (unpaired) electrons. The molecule has 0 spiro atoms. The zero-order chi connectivity index (χ0) is 19.1. The summed E-state index contributed by atoms with van der Waals surface area (Å²) in [6.45, 7) is 0. The summed E-state index contributed by atoms with van der Waals surface area (Å²) in [6.07, 6.45) is 3.05. The van der Waals surface area contributed by atoms with Crippen molar-refractivity contribution in [2.75, 3.05) is 0 Å². The van der Waals surface area contributed by atoms with Gasteiger partial charge in [-0.25, -0.2) is 4.79 Å². The Morgan fingerprint density at radius 2 is 1.48 bits per heavy atom. The van der Waals surface area contributed by atoms with Gasteiger partial charge in [0.25, 0.3) is 6.26 Å². The van der Waals surface area contributed by atoms with Crippen molar-refractivity contribution in [2.45, 2.75) is 0 Å². The van der Waals surface area contributed by atoms with Gasteiger partial charge < -0.3 is 9.47 Å². The zero-order valence-corrected chi connectivity index (χ0v) is 14.0. The van der Waals surface area contributed by atoms with E-state index >= 15 is 0 Å².